The standard InChI is InChI=1S/C31H37NO6/c1-6-8-15-38-31(34)28-19(3)32-23-16-21(20-13-14-26(35-4)27(18-20)36-5)17-24(33)30(23)29(28)22-11-9-10-12-25(22)37-7-2/h9-14,18,21,28-29H,6-8,15-17H2,1-5H3/t21-,28?,29+/m0/s1. The van der Waals surface area contributed by atoms with Crippen LogP contribution in [-0.4, -0.2) is 44.9 Å². The van der Waals surface area contributed by atoms with Crippen molar-refractivity contribution in [3.05, 3.63) is 64.9 Å². The Hall–Kier alpha value is -3.61. The minimum Gasteiger partial charge on any atom is -0.494 e. The van der Waals surface area contributed by atoms with Gasteiger partial charge in [0.2, 0.25) is 0 Å². The molecule has 1 unspecified atom stereocenters. The van der Waals surface area contributed by atoms with Gasteiger partial charge in [0.1, 0.15) is 11.7 Å². The average Bonchev–Trinajstić information content (AvgIpc) is 2.92. The maximum Gasteiger partial charge on any atom is 0.315 e. The van der Waals surface area contributed by atoms with E-state index < -0.39 is 11.8 Å². The predicted molar refractivity (Wildman–Crippen MR) is 146 cm³/mol. The van der Waals surface area contributed by atoms with Crippen molar-refractivity contribution < 1.29 is 28.5 Å². The van der Waals surface area contributed by atoms with E-state index in [0.29, 0.717) is 54.6 Å². The first-order valence-corrected chi connectivity index (χ1v) is 13.3. The quantitative estimate of drug-likeness (QED) is 0.282. The number of carbonyl (C=O) groups excluding carboxylic acids is 2. The van der Waals surface area contributed by atoms with Crippen molar-refractivity contribution in [2.24, 2.45) is 10.9 Å². The number of para-hydroxylation sites is 1. The number of hydrogen-bond acceptors (Lipinski definition) is 7. The summed E-state index contributed by atoms with van der Waals surface area (Å²) in [5.41, 5.74) is 3.78. The molecular weight excluding hydrogens is 482 g/mol. The highest BCUT2D eigenvalue weighted by atomic mass is 16.5. The SMILES string of the molecule is CCCCOC(=O)C1C(C)=NC2=C(C(=O)C[C@@H](c3ccc(OC)c(OC)c3)C2)[C@@H]1c1ccccc1OCC. The number of benzene rings is 2. The molecule has 4 rings (SSSR count). The van der Waals surface area contributed by atoms with E-state index in [9.17, 15) is 9.59 Å². The van der Waals surface area contributed by atoms with E-state index in [1.54, 1.807) is 14.2 Å². The molecule has 7 nitrogen and oxygen atoms in total. The lowest BCUT2D eigenvalue weighted by molar-refractivity contribution is -0.146. The molecule has 3 atom stereocenters. The first-order chi connectivity index (χ1) is 18.4. The van der Waals surface area contributed by atoms with Crippen molar-refractivity contribution >= 4 is 17.5 Å². The lowest BCUT2D eigenvalue weighted by Gasteiger charge is -2.37. The molecule has 38 heavy (non-hydrogen) atoms. The summed E-state index contributed by atoms with van der Waals surface area (Å²) in [6.07, 6.45) is 2.61. The van der Waals surface area contributed by atoms with Gasteiger partial charge in [-0.1, -0.05) is 37.6 Å². The Kier molecular flexibility index (Phi) is 8.87. The van der Waals surface area contributed by atoms with Gasteiger partial charge < -0.3 is 18.9 Å². The Morgan fingerprint density at radius 2 is 1.76 bits per heavy atom. The molecule has 2 aromatic carbocycles. The van der Waals surface area contributed by atoms with Gasteiger partial charge in [-0.15, -0.1) is 0 Å². The largest absolute Gasteiger partial charge is 0.494 e. The minimum absolute atomic E-state index is 0.00931. The summed E-state index contributed by atoms with van der Waals surface area (Å²) in [6, 6.07) is 13.4. The number of carbonyl (C=O) groups is 2. The number of esters is 1. The van der Waals surface area contributed by atoms with E-state index in [0.717, 1.165) is 29.7 Å². The second-order valence-corrected chi connectivity index (χ2v) is 9.70. The highest BCUT2D eigenvalue weighted by Gasteiger charge is 2.45. The molecule has 1 aliphatic carbocycles. The lowest BCUT2D eigenvalue weighted by Crippen LogP contribution is -2.38. The maximum absolute atomic E-state index is 13.9. The first-order valence-electron chi connectivity index (χ1n) is 13.3. The molecule has 0 radical (unpaired) electrons. The van der Waals surface area contributed by atoms with Crippen molar-refractivity contribution in [1.29, 1.82) is 0 Å². The Labute approximate surface area is 224 Å². The number of hydrogen-bond donors (Lipinski definition) is 0. The number of unbranched alkanes of at least 4 members (excludes halogenated alkanes) is 1. The summed E-state index contributed by atoms with van der Waals surface area (Å²) >= 11 is 0. The third-order valence-electron chi connectivity index (χ3n) is 7.32. The van der Waals surface area contributed by atoms with Crippen LogP contribution in [0, 0.1) is 5.92 Å². The molecule has 1 heterocycles. The van der Waals surface area contributed by atoms with Crippen molar-refractivity contribution in [3.8, 4) is 17.2 Å². The van der Waals surface area contributed by atoms with Gasteiger partial charge in [0.15, 0.2) is 17.3 Å². The van der Waals surface area contributed by atoms with Crippen LogP contribution in [-0.2, 0) is 14.3 Å². The molecule has 2 aliphatic rings. The molecule has 0 saturated carbocycles. The third kappa shape index (κ3) is 5.47. The minimum atomic E-state index is -0.686. The van der Waals surface area contributed by atoms with Crippen molar-refractivity contribution in [3.63, 3.8) is 0 Å². The highest BCUT2D eigenvalue weighted by Crippen LogP contribution is 2.49. The van der Waals surface area contributed by atoms with Crippen LogP contribution in [0.5, 0.6) is 17.2 Å². The Morgan fingerprint density at radius 3 is 2.47 bits per heavy atom. The monoisotopic (exact) mass is 519 g/mol. The van der Waals surface area contributed by atoms with E-state index in [1.807, 2.05) is 56.3 Å². The number of nitrogens with zero attached hydrogens (tertiary/aromatic N) is 1. The molecule has 0 amide bonds. The second kappa shape index (κ2) is 12.3. The van der Waals surface area contributed by atoms with Crippen LogP contribution in [0.1, 0.15) is 69.4 Å². The van der Waals surface area contributed by atoms with Crippen molar-refractivity contribution in [2.75, 3.05) is 27.4 Å². The number of methoxy groups -OCH3 is 2. The summed E-state index contributed by atoms with van der Waals surface area (Å²) in [5, 5.41) is 0. The molecule has 0 fully saturated rings. The summed E-state index contributed by atoms with van der Waals surface area (Å²) in [6.45, 7) is 6.65. The summed E-state index contributed by atoms with van der Waals surface area (Å²) in [7, 11) is 3.20. The first kappa shape index (κ1) is 27.4. The molecule has 0 aromatic heterocycles. The van der Waals surface area contributed by atoms with Crippen molar-refractivity contribution in [1.82, 2.24) is 0 Å². The zero-order valence-corrected chi connectivity index (χ0v) is 22.9. The van der Waals surface area contributed by atoms with Crippen LogP contribution in [0.15, 0.2) is 58.7 Å². The fraction of sp³-hybridized carbons (Fsp3) is 0.452. The lowest BCUT2D eigenvalue weighted by atomic mass is 9.69. The molecular formula is C31H37NO6. The van der Waals surface area contributed by atoms with E-state index in [-0.39, 0.29) is 17.7 Å². The van der Waals surface area contributed by atoms with Crippen LogP contribution in [0.2, 0.25) is 0 Å². The van der Waals surface area contributed by atoms with Crippen LogP contribution < -0.4 is 14.2 Å². The number of ketones is 1. The van der Waals surface area contributed by atoms with E-state index in [4.69, 9.17) is 23.9 Å². The van der Waals surface area contributed by atoms with Gasteiger partial charge in [0, 0.05) is 34.9 Å². The summed E-state index contributed by atoms with van der Waals surface area (Å²) in [4.78, 5) is 32.2. The zero-order valence-electron chi connectivity index (χ0n) is 22.9. The third-order valence-corrected chi connectivity index (χ3v) is 7.32. The van der Waals surface area contributed by atoms with Crippen LogP contribution in [0.25, 0.3) is 0 Å². The van der Waals surface area contributed by atoms with Crippen LogP contribution >= 0.6 is 0 Å². The molecule has 7 heteroatoms. The van der Waals surface area contributed by atoms with Crippen LogP contribution in [0.3, 0.4) is 0 Å². The summed E-state index contributed by atoms with van der Waals surface area (Å²) < 4.78 is 22.5. The van der Waals surface area contributed by atoms with Crippen molar-refractivity contribution in [2.45, 2.75) is 58.3 Å². The van der Waals surface area contributed by atoms with Gasteiger partial charge in [-0.05, 0) is 56.4 Å². The number of ether oxygens (including phenoxy) is 4. The number of rotatable bonds is 10. The molecule has 0 N–H and O–H groups in total. The molecule has 202 valence electrons. The average molecular weight is 520 g/mol. The fourth-order valence-corrected chi connectivity index (χ4v) is 5.47. The number of aliphatic imine (C=N–C) groups is 1. The second-order valence-electron chi connectivity index (χ2n) is 9.70. The molecule has 0 bridgehead atoms. The smallest absolute Gasteiger partial charge is 0.315 e. The molecule has 0 spiro atoms. The number of Topliss-reactive ketones (excluding diaryl/α,β-unsaturated/α-hetero) is 1. The molecule has 1 aliphatic heterocycles. The van der Waals surface area contributed by atoms with E-state index in [2.05, 4.69) is 6.92 Å². The predicted octanol–water partition coefficient (Wildman–Crippen LogP) is 6.02. The summed E-state index contributed by atoms with van der Waals surface area (Å²) in [5.74, 6) is 0.311. The Balaban J connectivity index is 1.78. The topological polar surface area (TPSA) is 83.4 Å². The van der Waals surface area contributed by atoms with Gasteiger partial charge in [-0.3, -0.25) is 14.6 Å². The Bertz CT molecular complexity index is 1250. The van der Waals surface area contributed by atoms with Gasteiger partial charge >= 0.3 is 5.97 Å². The molecule has 0 saturated heterocycles. The van der Waals surface area contributed by atoms with Gasteiger partial charge in [-0.25, -0.2) is 0 Å². The highest BCUT2D eigenvalue weighted by molar-refractivity contribution is 6.09. The van der Waals surface area contributed by atoms with Gasteiger partial charge in [0.25, 0.3) is 0 Å². The zero-order chi connectivity index (χ0) is 27.2. The molecule has 2 aromatic rings. The van der Waals surface area contributed by atoms with Gasteiger partial charge in [0.05, 0.1) is 27.4 Å². The van der Waals surface area contributed by atoms with Gasteiger partial charge in [-0.2, -0.15) is 0 Å². The number of allylic oxidation sites excluding steroid dienone is 2. The van der Waals surface area contributed by atoms with E-state index in [1.165, 1.54) is 0 Å². The maximum atomic E-state index is 13.9. The Morgan fingerprint density at radius 1 is 1.00 bits per heavy atom. The fourth-order valence-electron chi connectivity index (χ4n) is 5.47. The van der Waals surface area contributed by atoms with Crippen LogP contribution in [0.4, 0.5) is 0 Å². The normalized spacial score (nSPS) is 20.9. The van der Waals surface area contributed by atoms with E-state index >= 15 is 0 Å².